The van der Waals surface area contributed by atoms with Crippen molar-refractivity contribution < 1.29 is 13.7 Å². The number of benzene rings is 2. The van der Waals surface area contributed by atoms with Gasteiger partial charge in [-0.1, -0.05) is 48.0 Å². The molecule has 3 rings (SSSR count). The number of amides is 1. The first-order valence-corrected chi connectivity index (χ1v) is 8.24. The van der Waals surface area contributed by atoms with Crippen molar-refractivity contribution in [3.8, 4) is 0 Å². The third-order valence-electron chi connectivity index (χ3n) is 3.63. The summed E-state index contributed by atoms with van der Waals surface area (Å²) >= 11 is 0. The van der Waals surface area contributed by atoms with Gasteiger partial charge < -0.3 is 4.74 Å². The van der Waals surface area contributed by atoms with Gasteiger partial charge in [0, 0.05) is 0 Å². The van der Waals surface area contributed by atoms with E-state index in [0.29, 0.717) is 11.3 Å². The van der Waals surface area contributed by atoms with Crippen LogP contribution in [0.3, 0.4) is 0 Å². The van der Waals surface area contributed by atoms with Gasteiger partial charge in [0.25, 0.3) is 0 Å². The number of aryl methyl sites for hydroxylation is 1. The molecule has 0 unspecified atom stereocenters. The molecule has 2 atom stereocenters. The fraction of sp³-hybridized carbons (Fsp3) is 0.235. The minimum Gasteiger partial charge on any atom is -0.446 e. The summed E-state index contributed by atoms with van der Waals surface area (Å²) in [4.78, 5) is 12.6. The van der Waals surface area contributed by atoms with E-state index < -0.39 is 17.1 Å². The van der Waals surface area contributed by atoms with Crippen LogP contribution in [0.4, 0.5) is 4.79 Å². The lowest BCUT2D eigenvalue weighted by atomic mass is 10.1. The Morgan fingerprint density at radius 3 is 2.50 bits per heavy atom. The average Bonchev–Trinajstić information content (AvgIpc) is 2.89. The Hall–Kier alpha value is -2.14. The first kappa shape index (κ1) is 14.8. The van der Waals surface area contributed by atoms with E-state index in [9.17, 15) is 9.00 Å². The molecule has 1 fully saturated rings. The van der Waals surface area contributed by atoms with Crippen LogP contribution in [-0.2, 0) is 22.1 Å². The lowest BCUT2D eigenvalue weighted by Gasteiger charge is -2.20. The van der Waals surface area contributed by atoms with Gasteiger partial charge in [-0.15, -0.1) is 0 Å². The van der Waals surface area contributed by atoms with Crippen molar-refractivity contribution in [2.75, 3.05) is 6.61 Å². The molecule has 1 aliphatic rings. The summed E-state index contributed by atoms with van der Waals surface area (Å²) in [6, 6.07) is 17.0. The van der Waals surface area contributed by atoms with Crippen LogP contribution in [0.1, 0.15) is 11.1 Å². The van der Waals surface area contributed by atoms with Gasteiger partial charge in [0.05, 0.1) is 10.9 Å². The largest absolute Gasteiger partial charge is 0.446 e. The zero-order valence-corrected chi connectivity index (χ0v) is 13.1. The number of carbonyl (C=O) groups is 1. The van der Waals surface area contributed by atoms with Crippen molar-refractivity contribution in [1.29, 1.82) is 0 Å². The molecule has 4 nitrogen and oxygen atoms in total. The molecule has 1 saturated heterocycles. The lowest BCUT2D eigenvalue weighted by molar-refractivity contribution is 0.170. The molecule has 1 aliphatic heterocycles. The summed E-state index contributed by atoms with van der Waals surface area (Å²) in [5.74, 6) is 0. The van der Waals surface area contributed by atoms with Crippen molar-refractivity contribution in [1.82, 2.24) is 4.31 Å². The Morgan fingerprint density at radius 2 is 1.82 bits per heavy atom. The molecule has 0 radical (unpaired) electrons. The second-order valence-electron chi connectivity index (χ2n) is 5.31. The van der Waals surface area contributed by atoms with Crippen molar-refractivity contribution in [3.05, 3.63) is 65.7 Å². The van der Waals surface area contributed by atoms with Crippen LogP contribution in [0.5, 0.6) is 0 Å². The fourth-order valence-corrected chi connectivity index (χ4v) is 3.64. The normalized spacial score (nSPS) is 19.0. The Balaban J connectivity index is 1.81. The second-order valence-corrected chi connectivity index (χ2v) is 6.67. The highest BCUT2D eigenvalue weighted by Gasteiger charge is 2.37. The maximum absolute atomic E-state index is 12.7. The van der Waals surface area contributed by atoms with Gasteiger partial charge in [-0.25, -0.2) is 13.3 Å². The summed E-state index contributed by atoms with van der Waals surface area (Å²) in [5, 5.41) is 0. The van der Waals surface area contributed by atoms with E-state index in [1.54, 1.807) is 12.1 Å². The van der Waals surface area contributed by atoms with Crippen molar-refractivity contribution in [2.24, 2.45) is 0 Å². The Morgan fingerprint density at radius 1 is 1.14 bits per heavy atom. The third-order valence-corrected chi connectivity index (χ3v) is 5.11. The molecule has 22 heavy (non-hydrogen) atoms. The van der Waals surface area contributed by atoms with Gasteiger partial charge in [-0.2, -0.15) is 0 Å². The molecule has 0 aliphatic carbocycles. The number of carbonyl (C=O) groups excluding carboxylic acids is 1. The fourth-order valence-electron chi connectivity index (χ4n) is 2.45. The van der Waals surface area contributed by atoms with E-state index in [-0.39, 0.29) is 12.6 Å². The van der Waals surface area contributed by atoms with E-state index in [2.05, 4.69) is 0 Å². The second kappa shape index (κ2) is 6.32. The summed E-state index contributed by atoms with van der Waals surface area (Å²) < 4.78 is 19.2. The SMILES string of the molecule is Cc1ccc([S@](=O)N2C(=O)OC[C@@H]2Cc2ccccc2)cc1. The Labute approximate surface area is 132 Å². The molecule has 2 aromatic rings. The summed E-state index contributed by atoms with van der Waals surface area (Å²) in [5.41, 5.74) is 2.18. The summed E-state index contributed by atoms with van der Waals surface area (Å²) in [6.45, 7) is 2.24. The lowest BCUT2D eigenvalue weighted by Crippen LogP contribution is -2.36. The molecule has 0 N–H and O–H groups in total. The van der Waals surface area contributed by atoms with Gasteiger partial charge >= 0.3 is 6.09 Å². The molecule has 114 valence electrons. The first-order valence-electron chi connectivity index (χ1n) is 7.13. The quantitative estimate of drug-likeness (QED) is 0.871. The molecule has 0 bridgehead atoms. The molecule has 5 heteroatoms. The smallest absolute Gasteiger partial charge is 0.422 e. The number of ether oxygens (including phenoxy) is 1. The first-order chi connectivity index (χ1) is 10.6. The topological polar surface area (TPSA) is 46.6 Å². The minimum absolute atomic E-state index is 0.211. The number of hydrogen-bond acceptors (Lipinski definition) is 3. The van der Waals surface area contributed by atoms with E-state index in [0.717, 1.165) is 11.1 Å². The number of rotatable bonds is 4. The average molecular weight is 315 g/mol. The molecule has 0 aromatic heterocycles. The van der Waals surface area contributed by atoms with Crippen LogP contribution in [0.15, 0.2) is 59.5 Å². The highest BCUT2D eigenvalue weighted by atomic mass is 32.2. The van der Waals surface area contributed by atoms with Crippen LogP contribution < -0.4 is 0 Å². The maximum Gasteiger partial charge on any atom is 0.422 e. The third kappa shape index (κ3) is 3.04. The van der Waals surface area contributed by atoms with Gasteiger partial charge in [0.15, 0.2) is 11.0 Å². The molecule has 0 spiro atoms. The van der Waals surface area contributed by atoms with Gasteiger partial charge in [-0.3, -0.25) is 0 Å². The Bertz CT molecular complexity index is 685. The van der Waals surface area contributed by atoms with E-state index >= 15 is 0 Å². The highest BCUT2D eigenvalue weighted by molar-refractivity contribution is 7.83. The predicted octanol–water partition coefficient (Wildman–Crippen LogP) is 3.08. The van der Waals surface area contributed by atoms with Gasteiger partial charge in [0.1, 0.15) is 6.61 Å². The van der Waals surface area contributed by atoms with Gasteiger partial charge in [-0.05, 0) is 31.0 Å². The summed E-state index contributed by atoms with van der Waals surface area (Å²) in [7, 11) is -1.54. The number of nitrogens with zero attached hydrogens (tertiary/aromatic N) is 1. The molecule has 1 amide bonds. The molecule has 2 aromatic carbocycles. The zero-order valence-electron chi connectivity index (χ0n) is 12.3. The molecular weight excluding hydrogens is 298 g/mol. The standard InChI is InChI=1S/C17H17NO3S/c1-13-7-9-16(10-8-13)22(20)18-15(12-21-17(18)19)11-14-5-3-2-4-6-14/h2-10,15H,11-12H2,1H3/t15-,22-/m0/s1. The monoisotopic (exact) mass is 315 g/mol. The summed E-state index contributed by atoms with van der Waals surface area (Å²) in [6.07, 6.45) is 0.115. The van der Waals surface area contributed by atoms with E-state index in [1.807, 2.05) is 49.4 Å². The number of hydrogen-bond donors (Lipinski definition) is 0. The van der Waals surface area contributed by atoms with Crippen molar-refractivity contribution in [3.63, 3.8) is 0 Å². The maximum atomic E-state index is 12.7. The zero-order chi connectivity index (χ0) is 15.5. The van der Waals surface area contributed by atoms with E-state index in [4.69, 9.17) is 4.74 Å². The minimum atomic E-state index is -1.54. The van der Waals surface area contributed by atoms with Crippen LogP contribution >= 0.6 is 0 Å². The van der Waals surface area contributed by atoms with E-state index in [1.165, 1.54) is 4.31 Å². The van der Waals surface area contributed by atoms with Crippen molar-refractivity contribution >= 4 is 17.1 Å². The predicted molar refractivity (Wildman–Crippen MR) is 84.7 cm³/mol. The van der Waals surface area contributed by atoms with Crippen LogP contribution in [0.2, 0.25) is 0 Å². The Kier molecular flexibility index (Phi) is 4.24. The molecule has 1 heterocycles. The van der Waals surface area contributed by atoms with Gasteiger partial charge in [0.2, 0.25) is 0 Å². The van der Waals surface area contributed by atoms with Crippen LogP contribution in [-0.4, -0.2) is 27.3 Å². The molecular formula is C17H17NO3S. The van der Waals surface area contributed by atoms with Crippen LogP contribution in [0.25, 0.3) is 0 Å². The van der Waals surface area contributed by atoms with Crippen LogP contribution in [0, 0.1) is 6.92 Å². The molecule has 0 saturated carbocycles. The van der Waals surface area contributed by atoms with Crippen molar-refractivity contribution in [2.45, 2.75) is 24.3 Å². The number of cyclic esters (lactones) is 1. The highest BCUT2D eigenvalue weighted by Crippen LogP contribution is 2.23.